The van der Waals surface area contributed by atoms with Gasteiger partial charge in [0, 0.05) is 16.6 Å². The number of esters is 2. The standard InChI is InChI=1S/C49H91N2O15P/c1-17-39(24-29-62-46(14,20-4)42(54)50-27-32-59-40(52)37(8)9)61-34-49(23-7,36-66-45(13,19-3)26-31-64-48(16,22-6)67(56,57)58)35-65-44(12,18-2)25-30-63-47(15,21-5)43(55)51-28-33-60-41(53)38(10)11/h39H,8,10,17-36H2,1-7,9,11-16H3,(H,50,54)(H,51,55)(H2,56,57,58). The summed E-state index contributed by atoms with van der Waals surface area (Å²) in [5.41, 5.74) is -3.71. The zero-order valence-corrected chi connectivity index (χ0v) is 44.7. The quantitative estimate of drug-likeness (QED) is 0.0199. The molecule has 0 saturated heterocycles. The van der Waals surface area contributed by atoms with Crippen molar-refractivity contribution in [1.29, 1.82) is 0 Å². The molecule has 7 atom stereocenters. The number of hydrogen-bond acceptors (Lipinski definition) is 13. The lowest BCUT2D eigenvalue weighted by molar-refractivity contribution is -0.169. The van der Waals surface area contributed by atoms with E-state index in [1.807, 2.05) is 48.5 Å². The van der Waals surface area contributed by atoms with Gasteiger partial charge in [-0.25, -0.2) is 9.59 Å². The van der Waals surface area contributed by atoms with Gasteiger partial charge in [0.05, 0.1) is 70.0 Å². The molecular formula is C49H91N2O15P. The van der Waals surface area contributed by atoms with Crippen molar-refractivity contribution in [2.45, 2.75) is 195 Å². The predicted octanol–water partition coefficient (Wildman–Crippen LogP) is 7.88. The molecule has 392 valence electrons. The third kappa shape index (κ3) is 22.3. The molecule has 0 spiro atoms. The number of nitrogens with one attached hydrogen (secondary N) is 2. The molecule has 0 rings (SSSR count). The van der Waals surface area contributed by atoms with Crippen molar-refractivity contribution in [3.8, 4) is 0 Å². The van der Waals surface area contributed by atoms with Crippen LogP contribution in [0.4, 0.5) is 0 Å². The number of amides is 2. The number of carbonyl (C=O) groups is 4. The topological polar surface area (TPSA) is 224 Å². The smallest absolute Gasteiger partial charge is 0.356 e. The minimum absolute atomic E-state index is 0.00842. The van der Waals surface area contributed by atoms with Crippen LogP contribution in [0.2, 0.25) is 0 Å². The van der Waals surface area contributed by atoms with Crippen LogP contribution in [0, 0.1) is 5.41 Å². The van der Waals surface area contributed by atoms with Gasteiger partial charge >= 0.3 is 19.5 Å². The van der Waals surface area contributed by atoms with Gasteiger partial charge < -0.3 is 58.3 Å². The average molecular weight is 979 g/mol. The van der Waals surface area contributed by atoms with Gasteiger partial charge in [-0.1, -0.05) is 61.6 Å². The van der Waals surface area contributed by atoms with Gasteiger partial charge in [-0.3, -0.25) is 14.2 Å². The van der Waals surface area contributed by atoms with Crippen LogP contribution in [0.1, 0.15) is 161 Å². The third-order valence-electron chi connectivity index (χ3n) is 13.3. The molecule has 2 amide bonds. The lowest BCUT2D eigenvalue weighted by Crippen LogP contribution is -2.48. The molecule has 0 heterocycles. The van der Waals surface area contributed by atoms with E-state index in [1.54, 1.807) is 34.6 Å². The largest absolute Gasteiger partial charge is 0.460 e. The Bertz CT molecular complexity index is 1610. The number of ether oxygens (including phenoxy) is 8. The van der Waals surface area contributed by atoms with E-state index >= 15 is 0 Å². The molecule has 0 aromatic rings. The first-order chi connectivity index (χ1) is 31.1. The lowest BCUT2D eigenvalue weighted by atomic mass is 9.86. The van der Waals surface area contributed by atoms with Gasteiger partial charge in [0.1, 0.15) is 24.4 Å². The Hall–Kier alpha value is -2.73. The van der Waals surface area contributed by atoms with Gasteiger partial charge in [0.15, 0.2) is 5.34 Å². The minimum Gasteiger partial charge on any atom is -0.460 e. The molecule has 0 saturated carbocycles. The van der Waals surface area contributed by atoms with Crippen molar-refractivity contribution < 1.29 is 71.4 Å². The fraction of sp³-hybridized carbons (Fsp3) is 0.837. The van der Waals surface area contributed by atoms with Gasteiger partial charge in [0.2, 0.25) is 0 Å². The van der Waals surface area contributed by atoms with Crippen molar-refractivity contribution in [2.75, 3.05) is 65.9 Å². The van der Waals surface area contributed by atoms with Gasteiger partial charge in [-0.15, -0.1) is 0 Å². The summed E-state index contributed by atoms with van der Waals surface area (Å²) in [5.74, 6) is -1.68. The van der Waals surface area contributed by atoms with Crippen LogP contribution >= 0.6 is 7.60 Å². The number of carbonyl (C=O) groups excluding carboxylic acids is 4. The van der Waals surface area contributed by atoms with Crippen LogP contribution < -0.4 is 10.6 Å². The number of rotatable bonds is 39. The van der Waals surface area contributed by atoms with E-state index in [9.17, 15) is 33.5 Å². The lowest BCUT2D eigenvalue weighted by Gasteiger charge is -2.41. The van der Waals surface area contributed by atoms with Gasteiger partial charge in [0.25, 0.3) is 11.8 Å². The van der Waals surface area contributed by atoms with Crippen LogP contribution in [0.25, 0.3) is 0 Å². The molecule has 0 bridgehead atoms. The molecule has 0 aromatic heterocycles. The molecule has 0 aliphatic carbocycles. The summed E-state index contributed by atoms with van der Waals surface area (Å²) in [7, 11) is -4.54. The molecule has 0 aromatic carbocycles. The summed E-state index contributed by atoms with van der Waals surface area (Å²) in [4.78, 5) is 69.8. The first-order valence-electron chi connectivity index (χ1n) is 24.2. The molecule has 0 radical (unpaired) electrons. The summed E-state index contributed by atoms with van der Waals surface area (Å²) < 4.78 is 61.0. The maximum absolute atomic E-state index is 13.2. The second-order valence-electron chi connectivity index (χ2n) is 18.8. The SMILES string of the molecule is C=C(C)C(=O)OCCNC(=O)C(C)(CC)OCCC(CC)OCC(CC)(COC(C)(CC)CCOC(C)(CC)C(=O)NCCOC(=O)C(=C)C)COC(C)(CC)CCOC(C)(CC)P(=O)(O)O. The first-order valence-corrected chi connectivity index (χ1v) is 25.8. The van der Waals surface area contributed by atoms with Crippen LogP contribution in [0.15, 0.2) is 24.3 Å². The molecular weight excluding hydrogens is 888 g/mol. The van der Waals surface area contributed by atoms with E-state index in [4.69, 9.17) is 37.9 Å². The second kappa shape index (κ2) is 30.1. The monoisotopic (exact) mass is 979 g/mol. The molecule has 4 N–H and O–H groups in total. The van der Waals surface area contributed by atoms with Crippen LogP contribution in [0.5, 0.6) is 0 Å². The highest BCUT2D eigenvalue weighted by molar-refractivity contribution is 7.53. The minimum atomic E-state index is -4.54. The summed E-state index contributed by atoms with van der Waals surface area (Å²) in [6.07, 6.45) is 4.60. The molecule has 7 unspecified atom stereocenters. The van der Waals surface area contributed by atoms with Crippen LogP contribution in [0.3, 0.4) is 0 Å². The van der Waals surface area contributed by atoms with E-state index in [1.165, 1.54) is 6.92 Å². The highest BCUT2D eigenvalue weighted by atomic mass is 31.2. The maximum Gasteiger partial charge on any atom is 0.356 e. The zero-order chi connectivity index (χ0) is 51.8. The Balaban J connectivity index is 6.17. The zero-order valence-electron chi connectivity index (χ0n) is 43.8. The third-order valence-corrected chi connectivity index (χ3v) is 14.9. The predicted molar refractivity (Wildman–Crippen MR) is 259 cm³/mol. The molecule has 18 heteroatoms. The Labute approximate surface area is 403 Å². The van der Waals surface area contributed by atoms with Crippen molar-refractivity contribution in [2.24, 2.45) is 5.41 Å². The number of hydrogen-bond donors (Lipinski definition) is 4. The van der Waals surface area contributed by atoms with Gasteiger partial charge in [-0.2, -0.15) is 0 Å². The fourth-order valence-corrected chi connectivity index (χ4v) is 6.84. The second-order valence-corrected chi connectivity index (χ2v) is 20.8. The Kier molecular flexibility index (Phi) is 28.9. The molecule has 0 aliphatic heterocycles. The van der Waals surface area contributed by atoms with Crippen molar-refractivity contribution in [1.82, 2.24) is 10.6 Å². The maximum atomic E-state index is 13.2. The fourth-order valence-electron chi connectivity index (χ4n) is 6.17. The van der Waals surface area contributed by atoms with E-state index in [0.29, 0.717) is 57.8 Å². The van der Waals surface area contributed by atoms with Gasteiger partial charge in [-0.05, 0) is 113 Å². The highest BCUT2D eigenvalue weighted by Gasteiger charge is 2.43. The first kappa shape index (κ1) is 64.3. The Morgan fingerprint density at radius 1 is 0.567 bits per heavy atom. The normalized spacial score (nSPS) is 17.8. The molecule has 67 heavy (non-hydrogen) atoms. The molecule has 17 nitrogen and oxygen atoms in total. The summed E-state index contributed by atoms with van der Waals surface area (Å²) in [6, 6.07) is 0. The Morgan fingerprint density at radius 3 is 1.33 bits per heavy atom. The van der Waals surface area contributed by atoms with Crippen molar-refractivity contribution in [3.63, 3.8) is 0 Å². The molecule has 0 aliphatic rings. The Morgan fingerprint density at radius 2 is 0.985 bits per heavy atom. The average Bonchev–Trinajstić information content (AvgIpc) is 3.29. The van der Waals surface area contributed by atoms with E-state index in [-0.39, 0.29) is 101 Å². The van der Waals surface area contributed by atoms with Crippen molar-refractivity contribution in [3.05, 3.63) is 24.3 Å². The summed E-state index contributed by atoms with van der Waals surface area (Å²) >= 11 is 0. The van der Waals surface area contributed by atoms with Crippen LogP contribution in [-0.2, 0) is 61.6 Å². The summed E-state index contributed by atoms with van der Waals surface area (Å²) in [6.45, 7) is 34.2. The van der Waals surface area contributed by atoms with E-state index < -0.39 is 52.7 Å². The van der Waals surface area contributed by atoms with E-state index in [0.717, 1.165) is 0 Å². The molecule has 0 fully saturated rings. The van der Waals surface area contributed by atoms with E-state index in [2.05, 4.69) is 30.7 Å². The summed E-state index contributed by atoms with van der Waals surface area (Å²) in [5, 5.41) is 3.99. The van der Waals surface area contributed by atoms with Crippen LogP contribution in [-0.4, -0.2) is 133 Å². The highest BCUT2D eigenvalue weighted by Crippen LogP contribution is 2.53. The van der Waals surface area contributed by atoms with Crippen molar-refractivity contribution >= 4 is 31.3 Å².